The molecule has 1 heterocycles. The third-order valence-electron chi connectivity index (χ3n) is 2.50. The molecule has 0 saturated heterocycles. The number of H-pyrrole nitrogens is 1. The SMILES string of the molecule is CNC(=O)S/C(C=O)=C\c1c[nH]c2ccc(Br)cc12. The van der Waals surface area contributed by atoms with Gasteiger partial charge in [0.2, 0.25) is 0 Å². The minimum atomic E-state index is -0.264. The van der Waals surface area contributed by atoms with Crippen LogP contribution >= 0.6 is 27.7 Å². The van der Waals surface area contributed by atoms with Gasteiger partial charge in [-0.05, 0) is 36.0 Å². The largest absolute Gasteiger partial charge is 0.361 e. The van der Waals surface area contributed by atoms with Crippen LogP contribution in [0, 0.1) is 0 Å². The lowest BCUT2D eigenvalue weighted by atomic mass is 10.1. The fourth-order valence-corrected chi connectivity index (χ4v) is 2.54. The molecule has 6 heteroatoms. The van der Waals surface area contributed by atoms with E-state index in [1.165, 1.54) is 7.05 Å². The van der Waals surface area contributed by atoms with Crippen molar-refractivity contribution >= 4 is 56.2 Å². The summed E-state index contributed by atoms with van der Waals surface area (Å²) in [6.07, 6.45) is 4.18. The number of aromatic nitrogens is 1. The molecule has 1 aromatic carbocycles. The molecule has 1 aromatic heterocycles. The third kappa shape index (κ3) is 3.27. The molecule has 0 bridgehead atoms. The van der Waals surface area contributed by atoms with E-state index in [9.17, 15) is 9.59 Å². The number of halogens is 1. The van der Waals surface area contributed by atoms with Crippen molar-refractivity contribution in [3.63, 3.8) is 0 Å². The van der Waals surface area contributed by atoms with Gasteiger partial charge in [-0.15, -0.1) is 0 Å². The van der Waals surface area contributed by atoms with Crippen molar-refractivity contribution in [2.24, 2.45) is 0 Å². The van der Waals surface area contributed by atoms with Gasteiger partial charge in [0.05, 0.1) is 4.91 Å². The molecule has 98 valence electrons. The number of amides is 1. The minimum absolute atomic E-state index is 0.264. The van der Waals surface area contributed by atoms with Gasteiger partial charge in [-0.1, -0.05) is 15.9 Å². The van der Waals surface area contributed by atoms with E-state index >= 15 is 0 Å². The number of carbonyl (C=O) groups excluding carboxylic acids is 2. The van der Waals surface area contributed by atoms with E-state index in [1.54, 1.807) is 6.08 Å². The van der Waals surface area contributed by atoms with E-state index in [0.717, 1.165) is 32.7 Å². The second kappa shape index (κ2) is 6.08. The van der Waals surface area contributed by atoms with Gasteiger partial charge in [0.15, 0.2) is 6.29 Å². The van der Waals surface area contributed by atoms with E-state index in [2.05, 4.69) is 26.2 Å². The lowest BCUT2D eigenvalue weighted by Gasteiger charge is -1.98. The van der Waals surface area contributed by atoms with Crippen LogP contribution in [0.15, 0.2) is 33.8 Å². The molecule has 0 unspecified atom stereocenters. The summed E-state index contributed by atoms with van der Waals surface area (Å²) >= 11 is 4.29. The molecule has 0 radical (unpaired) electrons. The molecule has 0 fully saturated rings. The maximum atomic E-state index is 11.3. The number of aromatic amines is 1. The zero-order valence-electron chi connectivity index (χ0n) is 10.1. The number of hydrogen-bond acceptors (Lipinski definition) is 3. The van der Waals surface area contributed by atoms with Crippen LogP contribution in [0.4, 0.5) is 4.79 Å². The molecule has 2 N–H and O–H groups in total. The molecule has 1 amide bonds. The molecule has 0 saturated carbocycles. The predicted octanol–water partition coefficient (Wildman–Crippen LogP) is 3.54. The summed E-state index contributed by atoms with van der Waals surface area (Å²) in [6.45, 7) is 0. The second-order valence-electron chi connectivity index (χ2n) is 3.74. The fourth-order valence-electron chi connectivity index (χ4n) is 1.63. The summed E-state index contributed by atoms with van der Waals surface area (Å²) in [5.74, 6) is 0. The first kappa shape index (κ1) is 13.9. The summed E-state index contributed by atoms with van der Waals surface area (Å²) in [7, 11) is 1.53. The Balaban J connectivity index is 2.40. The van der Waals surface area contributed by atoms with Crippen molar-refractivity contribution in [1.82, 2.24) is 10.3 Å². The molecule has 0 atom stereocenters. The number of rotatable bonds is 3. The number of thioether (sulfide) groups is 1. The molecular formula is C13H11BrN2O2S. The topological polar surface area (TPSA) is 62.0 Å². The maximum Gasteiger partial charge on any atom is 0.283 e. The highest BCUT2D eigenvalue weighted by molar-refractivity contribution is 9.10. The van der Waals surface area contributed by atoms with Gasteiger partial charge in [0.25, 0.3) is 5.24 Å². The summed E-state index contributed by atoms with van der Waals surface area (Å²) in [6, 6.07) is 5.85. The average molecular weight is 339 g/mol. The number of allylic oxidation sites excluding steroid dienone is 1. The third-order valence-corrected chi connectivity index (χ3v) is 3.84. The van der Waals surface area contributed by atoms with E-state index in [1.807, 2.05) is 24.4 Å². The van der Waals surface area contributed by atoms with Gasteiger partial charge in [-0.3, -0.25) is 9.59 Å². The minimum Gasteiger partial charge on any atom is -0.361 e. The first-order chi connectivity index (χ1) is 9.13. The van der Waals surface area contributed by atoms with Crippen molar-refractivity contribution in [1.29, 1.82) is 0 Å². The van der Waals surface area contributed by atoms with Crippen LogP contribution in [0.2, 0.25) is 0 Å². The number of hydrogen-bond donors (Lipinski definition) is 2. The smallest absolute Gasteiger partial charge is 0.283 e. The number of fused-ring (bicyclic) bond motifs is 1. The standard InChI is InChI=1S/C13H11BrN2O2S/c1-15-13(18)19-10(7-17)4-8-6-16-12-3-2-9(14)5-11(8)12/h2-7,16H,1H3,(H,15,18)/b10-4-. The summed E-state index contributed by atoms with van der Waals surface area (Å²) in [4.78, 5) is 25.7. The van der Waals surface area contributed by atoms with E-state index < -0.39 is 0 Å². The Morgan fingerprint density at radius 3 is 2.95 bits per heavy atom. The Bertz CT molecular complexity index is 664. The van der Waals surface area contributed by atoms with Gasteiger partial charge < -0.3 is 10.3 Å². The molecule has 4 nitrogen and oxygen atoms in total. The molecule has 0 aliphatic rings. The van der Waals surface area contributed by atoms with Gasteiger partial charge in [0, 0.05) is 34.2 Å². The second-order valence-corrected chi connectivity index (χ2v) is 5.70. The van der Waals surface area contributed by atoms with Crippen molar-refractivity contribution < 1.29 is 9.59 Å². The highest BCUT2D eigenvalue weighted by atomic mass is 79.9. The summed E-state index contributed by atoms with van der Waals surface area (Å²) < 4.78 is 0.959. The molecule has 19 heavy (non-hydrogen) atoms. The molecule has 0 aliphatic carbocycles. The van der Waals surface area contributed by atoms with Crippen LogP contribution in [0.1, 0.15) is 5.56 Å². The molecule has 0 spiro atoms. The molecule has 0 aliphatic heterocycles. The van der Waals surface area contributed by atoms with E-state index in [-0.39, 0.29) is 5.24 Å². The average Bonchev–Trinajstić information content (AvgIpc) is 2.80. The Morgan fingerprint density at radius 1 is 1.47 bits per heavy atom. The molecule has 2 rings (SSSR count). The van der Waals surface area contributed by atoms with Crippen molar-refractivity contribution in [2.75, 3.05) is 7.05 Å². The predicted molar refractivity (Wildman–Crippen MR) is 82.1 cm³/mol. The summed E-state index contributed by atoms with van der Waals surface area (Å²) in [5.41, 5.74) is 1.85. The first-order valence-electron chi connectivity index (χ1n) is 5.47. The Labute approximate surface area is 122 Å². The van der Waals surface area contributed by atoms with Crippen molar-refractivity contribution in [3.8, 4) is 0 Å². The number of nitrogens with one attached hydrogen (secondary N) is 2. The fraction of sp³-hybridized carbons (Fsp3) is 0.0769. The van der Waals surface area contributed by atoms with E-state index in [4.69, 9.17) is 0 Å². The van der Waals surface area contributed by atoms with Crippen LogP contribution < -0.4 is 5.32 Å². The number of aldehydes is 1. The number of benzene rings is 1. The lowest BCUT2D eigenvalue weighted by Crippen LogP contribution is -2.11. The highest BCUT2D eigenvalue weighted by Gasteiger charge is 2.07. The zero-order chi connectivity index (χ0) is 13.8. The summed E-state index contributed by atoms with van der Waals surface area (Å²) in [5, 5.41) is 3.19. The number of carbonyl (C=O) groups is 2. The Morgan fingerprint density at radius 2 is 2.26 bits per heavy atom. The molecule has 2 aromatic rings. The quantitative estimate of drug-likeness (QED) is 0.664. The first-order valence-corrected chi connectivity index (χ1v) is 7.08. The monoisotopic (exact) mass is 338 g/mol. The highest BCUT2D eigenvalue weighted by Crippen LogP contribution is 2.26. The van der Waals surface area contributed by atoms with Gasteiger partial charge in [-0.25, -0.2) is 0 Å². The van der Waals surface area contributed by atoms with Crippen LogP contribution in [0.3, 0.4) is 0 Å². The van der Waals surface area contributed by atoms with Crippen LogP contribution in [-0.2, 0) is 4.79 Å². The Kier molecular flexibility index (Phi) is 4.44. The zero-order valence-corrected chi connectivity index (χ0v) is 12.5. The Hall–Kier alpha value is -1.53. The maximum absolute atomic E-state index is 11.3. The van der Waals surface area contributed by atoms with Gasteiger partial charge in [-0.2, -0.15) is 0 Å². The molecular weight excluding hydrogens is 328 g/mol. The van der Waals surface area contributed by atoms with Gasteiger partial charge >= 0.3 is 0 Å². The van der Waals surface area contributed by atoms with Crippen molar-refractivity contribution in [3.05, 3.63) is 39.3 Å². The van der Waals surface area contributed by atoms with Gasteiger partial charge in [0.1, 0.15) is 0 Å². The van der Waals surface area contributed by atoms with Crippen LogP contribution in [0.25, 0.3) is 17.0 Å². The van der Waals surface area contributed by atoms with Crippen molar-refractivity contribution in [2.45, 2.75) is 0 Å². The van der Waals surface area contributed by atoms with Crippen LogP contribution in [-0.4, -0.2) is 23.6 Å². The van der Waals surface area contributed by atoms with Crippen LogP contribution in [0.5, 0.6) is 0 Å². The normalized spacial score (nSPS) is 11.6. The lowest BCUT2D eigenvalue weighted by molar-refractivity contribution is -0.104. The van der Waals surface area contributed by atoms with E-state index in [0.29, 0.717) is 11.2 Å².